The Hall–Kier alpha value is -1.22. The summed E-state index contributed by atoms with van der Waals surface area (Å²) in [6.45, 7) is 5.62. The smallest absolute Gasteiger partial charge is 0.152 e. The lowest BCUT2D eigenvalue weighted by molar-refractivity contribution is 0.0330. The molecule has 1 atom stereocenters. The Balaban J connectivity index is 2.10. The van der Waals surface area contributed by atoms with E-state index in [1.54, 1.807) is 11.4 Å². The lowest BCUT2D eigenvalue weighted by Gasteiger charge is -2.27. The molecule has 0 radical (unpaired) electrons. The highest BCUT2D eigenvalue weighted by Gasteiger charge is 2.24. The average Bonchev–Trinajstić information content (AvgIpc) is 2.74. The van der Waals surface area contributed by atoms with E-state index in [1.165, 1.54) is 6.33 Å². The first-order valence-corrected chi connectivity index (χ1v) is 7.66. The molecule has 7 nitrogen and oxygen atoms in total. The van der Waals surface area contributed by atoms with E-state index in [4.69, 9.17) is 10.5 Å². The molecule has 3 rings (SSSR count). The van der Waals surface area contributed by atoms with Gasteiger partial charge in [-0.3, -0.25) is 4.90 Å². The molecule has 0 spiro atoms. The number of aliphatic hydroxyl groups is 1. The second-order valence-electron chi connectivity index (χ2n) is 5.14. The molecule has 1 unspecified atom stereocenters. The molecular weight excluding hydrogens is 338 g/mol. The van der Waals surface area contributed by atoms with Crippen LogP contribution in [0.15, 0.2) is 10.8 Å². The number of rotatable bonds is 3. The van der Waals surface area contributed by atoms with Gasteiger partial charge in [0.1, 0.15) is 11.8 Å². The molecule has 1 aliphatic rings. The summed E-state index contributed by atoms with van der Waals surface area (Å²) < 4.78 is 7.90. The van der Waals surface area contributed by atoms with Crippen LogP contribution in [0.25, 0.3) is 5.52 Å². The predicted molar refractivity (Wildman–Crippen MR) is 81.8 cm³/mol. The zero-order chi connectivity index (χ0) is 15.0. The van der Waals surface area contributed by atoms with Crippen molar-refractivity contribution in [2.75, 3.05) is 32.0 Å². The Kier molecular flexibility index (Phi) is 4.12. The molecule has 114 valence electrons. The van der Waals surface area contributed by atoms with E-state index in [0.29, 0.717) is 17.9 Å². The second-order valence-corrected chi connectivity index (χ2v) is 5.94. The molecule has 1 saturated heterocycles. The first-order valence-electron chi connectivity index (χ1n) is 6.87. The van der Waals surface area contributed by atoms with E-state index in [0.717, 1.165) is 42.0 Å². The van der Waals surface area contributed by atoms with Gasteiger partial charge in [-0.25, -0.2) is 9.50 Å². The van der Waals surface area contributed by atoms with Gasteiger partial charge in [-0.15, -0.1) is 0 Å². The molecule has 0 amide bonds. The van der Waals surface area contributed by atoms with Crippen LogP contribution in [0.2, 0.25) is 0 Å². The van der Waals surface area contributed by atoms with Crippen molar-refractivity contribution in [1.82, 2.24) is 19.5 Å². The van der Waals surface area contributed by atoms with Crippen molar-refractivity contribution in [3.8, 4) is 0 Å². The molecule has 21 heavy (non-hydrogen) atoms. The van der Waals surface area contributed by atoms with Crippen LogP contribution in [-0.2, 0) is 11.3 Å². The van der Waals surface area contributed by atoms with E-state index in [1.807, 2.05) is 0 Å². The van der Waals surface area contributed by atoms with E-state index in [2.05, 4.69) is 30.9 Å². The number of aliphatic hydroxyl groups excluding tert-OH is 1. The van der Waals surface area contributed by atoms with Crippen molar-refractivity contribution in [1.29, 1.82) is 0 Å². The van der Waals surface area contributed by atoms with Gasteiger partial charge in [0.05, 0.1) is 29.5 Å². The number of nitrogen functional groups attached to an aromatic ring is 1. The maximum absolute atomic E-state index is 10.1. The van der Waals surface area contributed by atoms with Gasteiger partial charge in [0.25, 0.3) is 0 Å². The largest absolute Gasteiger partial charge is 0.389 e. The molecular formula is C13H18BrN5O2. The van der Waals surface area contributed by atoms with Gasteiger partial charge < -0.3 is 15.6 Å². The maximum Gasteiger partial charge on any atom is 0.152 e. The minimum Gasteiger partial charge on any atom is -0.389 e. The summed E-state index contributed by atoms with van der Waals surface area (Å²) in [5.41, 5.74) is 8.41. The zero-order valence-corrected chi connectivity index (χ0v) is 13.4. The van der Waals surface area contributed by atoms with E-state index in [-0.39, 0.29) is 0 Å². The number of fused-ring (bicyclic) bond motifs is 1. The number of anilines is 1. The summed E-state index contributed by atoms with van der Waals surface area (Å²) in [6.07, 6.45) is 0.820. The van der Waals surface area contributed by atoms with Crippen molar-refractivity contribution in [2.24, 2.45) is 0 Å². The number of ether oxygens (including phenoxy) is 1. The number of hydrogen-bond acceptors (Lipinski definition) is 6. The molecule has 2 aromatic heterocycles. The van der Waals surface area contributed by atoms with Gasteiger partial charge in [0.15, 0.2) is 5.82 Å². The minimum atomic E-state index is -0.614. The summed E-state index contributed by atoms with van der Waals surface area (Å²) >= 11 is 3.53. The molecule has 3 heterocycles. The summed E-state index contributed by atoms with van der Waals surface area (Å²) in [5.74, 6) is 0.395. The molecule has 8 heteroatoms. The van der Waals surface area contributed by atoms with E-state index < -0.39 is 6.10 Å². The van der Waals surface area contributed by atoms with Crippen molar-refractivity contribution in [3.05, 3.63) is 22.1 Å². The van der Waals surface area contributed by atoms with Crippen molar-refractivity contribution in [3.63, 3.8) is 0 Å². The van der Waals surface area contributed by atoms with Crippen LogP contribution in [0.1, 0.15) is 24.3 Å². The van der Waals surface area contributed by atoms with Crippen LogP contribution in [0.5, 0.6) is 0 Å². The van der Waals surface area contributed by atoms with Gasteiger partial charge in [-0.05, 0) is 22.9 Å². The topological polar surface area (TPSA) is 88.9 Å². The van der Waals surface area contributed by atoms with E-state index in [9.17, 15) is 5.11 Å². The highest BCUT2D eigenvalue weighted by atomic mass is 79.9. The summed E-state index contributed by atoms with van der Waals surface area (Å²) in [7, 11) is 0. The van der Waals surface area contributed by atoms with Gasteiger partial charge in [0.2, 0.25) is 0 Å². The Morgan fingerprint density at radius 1 is 1.48 bits per heavy atom. The lowest BCUT2D eigenvalue weighted by atomic mass is 10.1. The van der Waals surface area contributed by atoms with Gasteiger partial charge in [-0.2, -0.15) is 5.10 Å². The predicted octanol–water partition coefficient (Wildman–Crippen LogP) is 0.960. The molecule has 0 aliphatic carbocycles. The Bertz CT molecular complexity index is 652. The number of hydrogen-bond donors (Lipinski definition) is 2. The maximum atomic E-state index is 10.1. The highest BCUT2D eigenvalue weighted by Crippen LogP contribution is 2.35. The summed E-state index contributed by atoms with van der Waals surface area (Å²) in [6, 6.07) is 0. The van der Waals surface area contributed by atoms with Gasteiger partial charge in [0, 0.05) is 25.2 Å². The van der Waals surface area contributed by atoms with Crippen LogP contribution in [0.3, 0.4) is 0 Å². The van der Waals surface area contributed by atoms with Crippen molar-refractivity contribution < 1.29 is 9.84 Å². The highest BCUT2D eigenvalue weighted by molar-refractivity contribution is 9.10. The SMILES string of the molecule is CC(O)c1c(Br)c2c(N)ncnn2c1CN1CCOCC1. The third-order valence-electron chi connectivity index (χ3n) is 3.72. The first-order chi connectivity index (χ1) is 10.1. The fourth-order valence-corrected chi connectivity index (χ4v) is 3.62. The molecule has 1 aliphatic heterocycles. The number of aromatic nitrogens is 3. The van der Waals surface area contributed by atoms with E-state index >= 15 is 0 Å². The first kappa shape index (κ1) is 14.7. The molecule has 0 saturated carbocycles. The molecule has 1 fully saturated rings. The Morgan fingerprint density at radius 3 is 2.86 bits per heavy atom. The zero-order valence-electron chi connectivity index (χ0n) is 11.8. The van der Waals surface area contributed by atoms with Crippen molar-refractivity contribution in [2.45, 2.75) is 19.6 Å². The molecule has 0 aromatic carbocycles. The summed E-state index contributed by atoms with van der Waals surface area (Å²) in [4.78, 5) is 6.31. The third kappa shape index (κ3) is 2.64. The monoisotopic (exact) mass is 355 g/mol. The summed E-state index contributed by atoms with van der Waals surface area (Å²) in [5, 5.41) is 14.4. The van der Waals surface area contributed by atoms with Gasteiger partial charge >= 0.3 is 0 Å². The normalized spacial score (nSPS) is 18.2. The number of nitrogens with two attached hydrogens (primary N) is 1. The van der Waals surface area contributed by atoms with Crippen molar-refractivity contribution >= 4 is 27.3 Å². The molecule has 2 aromatic rings. The quantitative estimate of drug-likeness (QED) is 0.852. The fourth-order valence-electron chi connectivity index (χ4n) is 2.69. The number of morpholine rings is 1. The lowest BCUT2D eigenvalue weighted by Crippen LogP contribution is -2.36. The Morgan fingerprint density at radius 2 is 2.19 bits per heavy atom. The van der Waals surface area contributed by atoms with Gasteiger partial charge in [-0.1, -0.05) is 0 Å². The number of halogens is 1. The second kappa shape index (κ2) is 5.88. The van der Waals surface area contributed by atoms with Crippen LogP contribution in [0.4, 0.5) is 5.82 Å². The third-order valence-corrected chi connectivity index (χ3v) is 4.53. The molecule has 0 bridgehead atoms. The van der Waals surface area contributed by atoms with Crippen LogP contribution in [0, 0.1) is 0 Å². The standard InChI is InChI=1S/C13H18BrN5O2/c1-8(20)10-9(6-18-2-4-21-5-3-18)19-12(11(10)14)13(15)16-7-17-19/h7-8,20H,2-6H2,1H3,(H2,15,16,17). The van der Waals surface area contributed by atoms with Crippen LogP contribution >= 0.6 is 15.9 Å². The van der Waals surface area contributed by atoms with Crippen LogP contribution < -0.4 is 5.73 Å². The number of nitrogens with zero attached hydrogens (tertiary/aromatic N) is 4. The molecule has 3 N–H and O–H groups in total. The average molecular weight is 356 g/mol. The van der Waals surface area contributed by atoms with Crippen LogP contribution in [-0.4, -0.2) is 50.9 Å². The Labute approximate surface area is 130 Å². The minimum absolute atomic E-state index is 0.395. The fraction of sp³-hybridized carbons (Fsp3) is 0.538.